The van der Waals surface area contributed by atoms with Gasteiger partial charge in [-0.05, 0) is 36.9 Å². The summed E-state index contributed by atoms with van der Waals surface area (Å²) in [4.78, 5) is 5.75. The van der Waals surface area contributed by atoms with Crippen LogP contribution in [-0.2, 0) is 5.75 Å². The van der Waals surface area contributed by atoms with Crippen LogP contribution in [0.15, 0.2) is 28.6 Å². The van der Waals surface area contributed by atoms with Gasteiger partial charge in [0, 0.05) is 16.3 Å². The average molecular weight is 260 g/mol. The lowest BCUT2D eigenvalue weighted by molar-refractivity contribution is 1.03. The van der Waals surface area contributed by atoms with Crippen molar-refractivity contribution in [1.82, 2.24) is 4.98 Å². The Morgan fingerprint density at radius 2 is 2.29 bits per heavy atom. The number of aryl methyl sites for hydroxylation is 2. The number of thiophene rings is 1. The van der Waals surface area contributed by atoms with Crippen LogP contribution in [0.2, 0.25) is 0 Å². The lowest BCUT2D eigenvalue weighted by Crippen LogP contribution is -1.94. The van der Waals surface area contributed by atoms with E-state index in [4.69, 9.17) is 5.26 Å². The van der Waals surface area contributed by atoms with E-state index >= 15 is 0 Å². The summed E-state index contributed by atoms with van der Waals surface area (Å²) in [5.41, 5.74) is 2.68. The molecule has 2 heterocycles. The van der Waals surface area contributed by atoms with Gasteiger partial charge in [0.1, 0.15) is 11.1 Å². The standard InChI is InChI=1S/C13H12N2S2/c1-9-6-10(2)15-13(12(9)7-14)17-8-11-4-3-5-16-11/h3-6H,8H2,1-2H3. The van der Waals surface area contributed by atoms with Crippen LogP contribution in [-0.4, -0.2) is 4.98 Å². The first kappa shape index (κ1) is 12.2. The van der Waals surface area contributed by atoms with E-state index in [2.05, 4.69) is 22.5 Å². The minimum Gasteiger partial charge on any atom is -0.245 e. The van der Waals surface area contributed by atoms with Gasteiger partial charge in [-0.2, -0.15) is 5.26 Å². The molecule has 0 N–H and O–H groups in total. The van der Waals surface area contributed by atoms with Gasteiger partial charge in [-0.1, -0.05) is 17.8 Å². The minimum atomic E-state index is 0.706. The number of aromatic nitrogens is 1. The van der Waals surface area contributed by atoms with Crippen molar-refractivity contribution in [2.45, 2.75) is 24.6 Å². The quantitative estimate of drug-likeness (QED) is 0.785. The molecular formula is C13H12N2S2. The fourth-order valence-electron chi connectivity index (χ4n) is 1.58. The SMILES string of the molecule is Cc1cc(C)c(C#N)c(SCc2cccs2)n1. The molecule has 0 saturated heterocycles. The maximum atomic E-state index is 9.15. The molecule has 2 rings (SSSR count). The number of hydrogen-bond acceptors (Lipinski definition) is 4. The minimum absolute atomic E-state index is 0.706. The van der Waals surface area contributed by atoms with Crippen molar-refractivity contribution in [3.63, 3.8) is 0 Å². The zero-order chi connectivity index (χ0) is 12.3. The van der Waals surface area contributed by atoms with E-state index in [0.717, 1.165) is 22.0 Å². The molecule has 2 nitrogen and oxygen atoms in total. The van der Waals surface area contributed by atoms with Crippen molar-refractivity contribution in [3.05, 3.63) is 45.3 Å². The lowest BCUT2D eigenvalue weighted by atomic mass is 10.1. The van der Waals surface area contributed by atoms with Gasteiger partial charge in [-0.15, -0.1) is 11.3 Å². The van der Waals surface area contributed by atoms with Crippen LogP contribution in [0.1, 0.15) is 21.7 Å². The zero-order valence-electron chi connectivity index (χ0n) is 9.73. The topological polar surface area (TPSA) is 36.7 Å². The molecule has 0 saturated carbocycles. The van der Waals surface area contributed by atoms with Crippen molar-refractivity contribution in [2.75, 3.05) is 0 Å². The predicted octanol–water partition coefficient (Wildman–Crippen LogP) is 3.92. The number of nitriles is 1. The van der Waals surface area contributed by atoms with Crippen molar-refractivity contribution < 1.29 is 0 Å². The monoisotopic (exact) mass is 260 g/mol. The molecule has 0 spiro atoms. The molecule has 0 unspecified atom stereocenters. The van der Waals surface area contributed by atoms with Crippen molar-refractivity contribution in [1.29, 1.82) is 5.26 Å². The van der Waals surface area contributed by atoms with E-state index < -0.39 is 0 Å². The highest BCUT2D eigenvalue weighted by atomic mass is 32.2. The zero-order valence-corrected chi connectivity index (χ0v) is 11.4. The fourth-order valence-corrected chi connectivity index (χ4v) is 3.45. The van der Waals surface area contributed by atoms with Gasteiger partial charge in [0.25, 0.3) is 0 Å². The van der Waals surface area contributed by atoms with Gasteiger partial charge >= 0.3 is 0 Å². The van der Waals surface area contributed by atoms with Crippen molar-refractivity contribution >= 4 is 23.1 Å². The Hall–Kier alpha value is -1.31. The fraction of sp³-hybridized carbons (Fsp3) is 0.231. The van der Waals surface area contributed by atoms with Crippen LogP contribution in [0, 0.1) is 25.2 Å². The van der Waals surface area contributed by atoms with E-state index in [0.29, 0.717) is 5.56 Å². The molecule has 4 heteroatoms. The number of hydrogen-bond donors (Lipinski definition) is 0. The summed E-state index contributed by atoms with van der Waals surface area (Å²) < 4.78 is 0. The highest BCUT2D eigenvalue weighted by Gasteiger charge is 2.09. The molecule has 0 atom stereocenters. The number of rotatable bonds is 3. The Morgan fingerprint density at radius 3 is 2.94 bits per heavy atom. The second-order valence-corrected chi connectivity index (χ2v) is 5.74. The third-order valence-electron chi connectivity index (χ3n) is 2.35. The van der Waals surface area contributed by atoms with E-state index in [1.165, 1.54) is 4.88 Å². The second-order valence-electron chi connectivity index (χ2n) is 3.74. The van der Waals surface area contributed by atoms with Crippen LogP contribution in [0.4, 0.5) is 0 Å². The highest BCUT2D eigenvalue weighted by molar-refractivity contribution is 7.98. The average Bonchev–Trinajstić information content (AvgIpc) is 2.78. The molecule has 17 heavy (non-hydrogen) atoms. The predicted molar refractivity (Wildman–Crippen MR) is 72.3 cm³/mol. The van der Waals surface area contributed by atoms with Gasteiger partial charge in [0.05, 0.1) is 5.56 Å². The van der Waals surface area contributed by atoms with Crippen LogP contribution < -0.4 is 0 Å². The van der Waals surface area contributed by atoms with Gasteiger partial charge in [-0.25, -0.2) is 4.98 Å². The maximum absolute atomic E-state index is 9.15. The summed E-state index contributed by atoms with van der Waals surface area (Å²) in [5.74, 6) is 0.877. The molecule has 0 radical (unpaired) electrons. The van der Waals surface area contributed by atoms with E-state index in [1.807, 2.05) is 26.0 Å². The lowest BCUT2D eigenvalue weighted by Gasteiger charge is -2.06. The Bertz CT molecular complexity index is 554. The van der Waals surface area contributed by atoms with Crippen molar-refractivity contribution in [2.24, 2.45) is 0 Å². The molecule has 0 aromatic carbocycles. The first-order valence-corrected chi connectivity index (χ1v) is 7.10. The molecule has 2 aromatic rings. The Labute approximate surface area is 109 Å². The second kappa shape index (κ2) is 5.35. The molecule has 2 aromatic heterocycles. The molecule has 0 aliphatic rings. The number of thioether (sulfide) groups is 1. The third-order valence-corrected chi connectivity index (χ3v) is 4.44. The summed E-state index contributed by atoms with van der Waals surface area (Å²) in [7, 11) is 0. The normalized spacial score (nSPS) is 10.2. The van der Waals surface area contributed by atoms with Crippen molar-refractivity contribution in [3.8, 4) is 6.07 Å². The summed E-state index contributed by atoms with van der Waals surface area (Å²) in [5, 5.41) is 12.1. The van der Waals surface area contributed by atoms with Gasteiger partial charge in [0.2, 0.25) is 0 Å². The maximum Gasteiger partial charge on any atom is 0.115 e. The van der Waals surface area contributed by atoms with Gasteiger partial charge in [-0.3, -0.25) is 0 Å². The summed E-state index contributed by atoms with van der Waals surface area (Å²) in [6.45, 7) is 3.92. The molecule has 0 fully saturated rings. The molecular weight excluding hydrogens is 248 g/mol. The van der Waals surface area contributed by atoms with Gasteiger partial charge < -0.3 is 0 Å². The summed E-state index contributed by atoms with van der Waals surface area (Å²) in [6, 6.07) is 8.34. The largest absolute Gasteiger partial charge is 0.245 e. The third kappa shape index (κ3) is 2.87. The smallest absolute Gasteiger partial charge is 0.115 e. The Morgan fingerprint density at radius 1 is 1.47 bits per heavy atom. The summed E-state index contributed by atoms with van der Waals surface area (Å²) in [6.07, 6.45) is 0. The van der Waals surface area contributed by atoms with Gasteiger partial charge in [0.15, 0.2) is 0 Å². The Kier molecular flexibility index (Phi) is 3.82. The molecule has 86 valence electrons. The number of nitrogens with zero attached hydrogens (tertiary/aromatic N) is 2. The van der Waals surface area contributed by atoms with Crippen LogP contribution >= 0.6 is 23.1 Å². The first-order chi connectivity index (χ1) is 8.20. The van der Waals surface area contributed by atoms with Crippen LogP contribution in [0.3, 0.4) is 0 Å². The van der Waals surface area contributed by atoms with E-state index in [1.54, 1.807) is 23.1 Å². The van der Waals surface area contributed by atoms with Crippen LogP contribution in [0.5, 0.6) is 0 Å². The summed E-state index contributed by atoms with van der Waals surface area (Å²) >= 11 is 3.37. The number of pyridine rings is 1. The molecule has 0 aliphatic carbocycles. The van der Waals surface area contributed by atoms with E-state index in [9.17, 15) is 0 Å². The molecule has 0 aliphatic heterocycles. The molecule has 0 bridgehead atoms. The molecule has 0 amide bonds. The highest BCUT2D eigenvalue weighted by Crippen LogP contribution is 2.28. The Balaban J connectivity index is 2.23. The first-order valence-electron chi connectivity index (χ1n) is 5.24. The van der Waals surface area contributed by atoms with Crippen LogP contribution in [0.25, 0.3) is 0 Å². The van der Waals surface area contributed by atoms with E-state index in [-0.39, 0.29) is 0 Å².